The van der Waals surface area contributed by atoms with E-state index in [-0.39, 0.29) is 30.7 Å². The number of carbonyl (C=O) groups is 1. The number of rotatable bonds is 6. The van der Waals surface area contributed by atoms with E-state index in [4.69, 9.17) is 11.1 Å². The van der Waals surface area contributed by atoms with Crippen LogP contribution < -0.4 is 16.4 Å². The third kappa shape index (κ3) is 5.59. The number of hydrogen-bond acceptors (Lipinski definition) is 3. The maximum Gasteiger partial charge on any atom is 0.243 e. The summed E-state index contributed by atoms with van der Waals surface area (Å²) in [6, 6.07) is 15.0. The van der Waals surface area contributed by atoms with Gasteiger partial charge in [-0.2, -0.15) is 0 Å². The van der Waals surface area contributed by atoms with Gasteiger partial charge in [0.25, 0.3) is 0 Å². The van der Waals surface area contributed by atoms with Crippen molar-refractivity contribution in [1.82, 2.24) is 0 Å². The summed E-state index contributed by atoms with van der Waals surface area (Å²) >= 11 is 0. The summed E-state index contributed by atoms with van der Waals surface area (Å²) in [5.41, 5.74) is 8.84. The summed E-state index contributed by atoms with van der Waals surface area (Å²) < 4.78 is 0. The highest BCUT2D eigenvalue weighted by molar-refractivity contribution is 5.96. The second-order valence-electron chi connectivity index (χ2n) is 5.67. The van der Waals surface area contributed by atoms with E-state index in [0.717, 1.165) is 11.4 Å². The molecular weight excluding hydrogens is 324 g/mol. The van der Waals surface area contributed by atoms with Crippen LogP contribution in [-0.4, -0.2) is 18.3 Å². The van der Waals surface area contributed by atoms with Crippen molar-refractivity contribution in [3.8, 4) is 0 Å². The number of hydrogen-bond donors (Lipinski definition) is 4. The first-order valence-corrected chi connectivity index (χ1v) is 7.54. The van der Waals surface area contributed by atoms with E-state index in [1.54, 1.807) is 18.2 Å². The minimum Gasteiger partial charge on any atom is -0.384 e. The van der Waals surface area contributed by atoms with Crippen molar-refractivity contribution in [2.75, 3.05) is 17.2 Å². The molecule has 6 heteroatoms. The van der Waals surface area contributed by atoms with Crippen molar-refractivity contribution in [3.63, 3.8) is 0 Å². The van der Waals surface area contributed by atoms with E-state index in [1.807, 2.05) is 30.3 Å². The van der Waals surface area contributed by atoms with Crippen LogP contribution >= 0.6 is 12.4 Å². The van der Waals surface area contributed by atoms with Gasteiger partial charge in [0.15, 0.2) is 0 Å². The van der Waals surface area contributed by atoms with Crippen LogP contribution in [0.3, 0.4) is 0 Å². The van der Waals surface area contributed by atoms with Crippen LogP contribution in [-0.2, 0) is 4.79 Å². The topological polar surface area (TPSA) is 91.0 Å². The predicted molar refractivity (Wildman–Crippen MR) is 102 cm³/mol. The van der Waals surface area contributed by atoms with E-state index in [1.165, 1.54) is 5.56 Å². The average Bonchev–Trinajstić information content (AvgIpc) is 2.53. The van der Waals surface area contributed by atoms with Crippen molar-refractivity contribution in [1.29, 1.82) is 5.41 Å². The molecule has 0 aliphatic carbocycles. The maximum atomic E-state index is 12.0. The van der Waals surface area contributed by atoms with Crippen molar-refractivity contribution in [2.45, 2.75) is 19.8 Å². The Hall–Kier alpha value is -2.53. The zero-order valence-corrected chi connectivity index (χ0v) is 14.6. The monoisotopic (exact) mass is 346 g/mol. The fourth-order valence-corrected chi connectivity index (χ4v) is 2.14. The first kappa shape index (κ1) is 19.5. The van der Waals surface area contributed by atoms with Gasteiger partial charge in [0, 0.05) is 16.9 Å². The lowest BCUT2D eigenvalue weighted by Gasteiger charge is -2.10. The summed E-state index contributed by atoms with van der Waals surface area (Å²) in [6.45, 7) is 4.41. The number of anilines is 2. The Bertz CT molecular complexity index is 698. The Labute approximate surface area is 148 Å². The van der Waals surface area contributed by atoms with Crippen LogP contribution in [0.4, 0.5) is 11.4 Å². The highest BCUT2D eigenvalue weighted by atomic mass is 35.5. The Balaban J connectivity index is 0.00000288. The fourth-order valence-electron chi connectivity index (χ4n) is 2.14. The molecule has 5 nitrogen and oxygen atoms in total. The van der Waals surface area contributed by atoms with Crippen molar-refractivity contribution in [3.05, 3.63) is 59.7 Å². The van der Waals surface area contributed by atoms with Gasteiger partial charge in [0.05, 0.1) is 6.54 Å². The van der Waals surface area contributed by atoms with Gasteiger partial charge in [-0.1, -0.05) is 38.1 Å². The largest absolute Gasteiger partial charge is 0.384 e. The summed E-state index contributed by atoms with van der Waals surface area (Å²) in [5, 5.41) is 13.3. The van der Waals surface area contributed by atoms with Crippen LogP contribution in [0.25, 0.3) is 0 Å². The number of amides is 1. The molecule has 0 heterocycles. The molecule has 0 aliphatic rings. The minimum atomic E-state index is -0.129. The Kier molecular flexibility index (Phi) is 7.27. The van der Waals surface area contributed by atoms with E-state index in [9.17, 15) is 4.79 Å². The molecule has 24 heavy (non-hydrogen) atoms. The zero-order chi connectivity index (χ0) is 16.8. The molecule has 0 saturated carbocycles. The van der Waals surface area contributed by atoms with E-state index < -0.39 is 0 Å². The quantitative estimate of drug-likeness (QED) is 0.476. The van der Waals surface area contributed by atoms with Gasteiger partial charge in [-0.05, 0) is 35.7 Å². The third-order valence-corrected chi connectivity index (χ3v) is 3.49. The molecule has 0 radical (unpaired) electrons. The number of nitrogen functional groups attached to an aromatic ring is 1. The summed E-state index contributed by atoms with van der Waals surface area (Å²) in [6.07, 6.45) is 0. The molecule has 0 unspecified atom stereocenters. The number of benzene rings is 2. The minimum absolute atomic E-state index is 0. The Morgan fingerprint density at radius 3 is 2.38 bits per heavy atom. The van der Waals surface area contributed by atoms with Gasteiger partial charge in [0.2, 0.25) is 5.91 Å². The molecule has 0 aliphatic heterocycles. The van der Waals surface area contributed by atoms with Gasteiger partial charge in [-0.3, -0.25) is 10.2 Å². The van der Waals surface area contributed by atoms with E-state index in [2.05, 4.69) is 24.5 Å². The highest BCUT2D eigenvalue weighted by Gasteiger charge is 2.04. The Morgan fingerprint density at radius 1 is 1.12 bits per heavy atom. The van der Waals surface area contributed by atoms with Crippen LogP contribution in [0.2, 0.25) is 0 Å². The number of amidine groups is 1. The van der Waals surface area contributed by atoms with Gasteiger partial charge in [-0.25, -0.2) is 0 Å². The number of carbonyl (C=O) groups excluding carboxylic acids is 1. The molecule has 0 fully saturated rings. The molecule has 0 bridgehead atoms. The maximum absolute atomic E-state index is 12.0. The van der Waals surface area contributed by atoms with Gasteiger partial charge >= 0.3 is 0 Å². The van der Waals surface area contributed by atoms with E-state index >= 15 is 0 Å². The first-order valence-electron chi connectivity index (χ1n) is 7.54. The lowest BCUT2D eigenvalue weighted by atomic mass is 10.0. The molecule has 0 spiro atoms. The number of nitrogens with one attached hydrogen (secondary N) is 3. The second-order valence-corrected chi connectivity index (χ2v) is 5.67. The number of nitrogens with two attached hydrogens (primary N) is 1. The molecule has 0 aromatic heterocycles. The van der Waals surface area contributed by atoms with Gasteiger partial charge in [-0.15, -0.1) is 12.4 Å². The van der Waals surface area contributed by atoms with Crippen molar-refractivity contribution in [2.24, 2.45) is 5.73 Å². The standard InChI is InChI=1S/C18H22N4O.ClH/c1-12(2)13-6-8-15(9-7-13)22-17(23)11-21-16-5-3-4-14(10-16)18(19)20;/h3-10,12,21H,11H2,1-2H3,(H3,19,20)(H,22,23);1H. The Morgan fingerprint density at radius 2 is 1.79 bits per heavy atom. The molecule has 2 rings (SSSR count). The fraction of sp³-hybridized carbons (Fsp3) is 0.222. The molecule has 0 saturated heterocycles. The van der Waals surface area contributed by atoms with Gasteiger partial charge < -0.3 is 16.4 Å². The molecule has 5 N–H and O–H groups in total. The van der Waals surface area contributed by atoms with Crippen LogP contribution in [0.1, 0.15) is 30.9 Å². The summed E-state index contributed by atoms with van der Waals surface area (Å²) in [4.78, 5) is 12.0. The molecule has 128 valence electrons. The second kappa shape index (κ2) is 8.93. The summed E-state index contributed by atoms with van der Waals surface area (Å²) in [5.74, 6) is 0.342. The normalized spacial score (nSPS) is 9.96. The lowest BCUT2D eigenvalue weighted by molar-refractivity contribution is -0.114. The molecule has 2 aromatic rings. The van der Waals surface area contributed by atoms with Crippen molar-refractivity contribution < 1.29 is 4.79 Å². The third-order valence-electron chi connectivity index (χ3n) is 3.49. The zero-order valence-electron chi connectivity index (χ0n) is 13.8. The molecule has 1 amide bonds. The van der Waals surface area contributed by atoms with Gasteiger partial charge in [0.1, 0.15) is 5.84 Å². The average molecular weight is 347 g/mol. The van der Waals surface area contributed by atoms with Crippen LogP contribution in [0.5, 0.6) is 0 Å². The van der Waals surface area contributed by atoms with Crippen LogP contribution in [0, 0.1) is 5.41 Å². The SMILES string of the molecule is CC(C)c1ccc(NC(=O)CNc2cccc(C(=N)N)c2)cc1.Cl. The molecule has 2 aromatic carbocycles. The predicted octanol–water partition coefficient (Wildman–Crippen LogP) is 3.57. The van der Waals surface area contributed by atoms with Crippen LogP contribution in [0.15, 0.2) is 48.5 Å². The van der Waals surface area contributed by atoms with E-state index in [0.29, 0.717) is 11.5 Å². The lowest BCUT2D eigenvalue weighted by Crippen LogP contribution is -2.22. The summed E-state index contributed by atoms with van der Waals surface area (Å²) in [7, 11) is 0. The van der Waals surface area contributed by atoms with Crippen molar-refractivity contribution >= 4 is 35.5 Å². The first-order chi connectivity index (χ1) is 11.0. The molecular formula is C18H23ClN4O. The number of halogens is 1. The molecule has 0 atom stereocenters. The highest BCUT2D eigenvalue weighted by Crippen LogP contribution is 2.17. The smallest absolute Gasteiger partial charge is 0.243 e.